The number of hydrogen-bond donors (Lipinski definition) is 1. The number of anilines is 1. The molecule has 2 saturated heterocycles. The maximum absolute atomic E-state index is 13.5. The highest BCUT2D eigenvalue weighted by Gasteiger charge is 2.47. The van der Waals surface area contributed by atoms with Crippen molar-refractivity contribution >= 4 is 5.69 Å². The van der Waals surface area contributed by atoms with Crippen molar-refractivity contribution in [1.82, 2.24) is 4.90 Å². The molecule has 0 aromatic heterocycles. The van der Waals surface area contributed by atoms with E-state index in [0.29, 0.717) is 31.9 Å². The third kappa shape index (κ3) is 4.45. The summed E-state index contributed by atoms with van der Waals surface area (Å²) < 4.78 is 53.6. The summed E-state index contributed by atoms with van der Waals surface area (Å²) in [5.41, 5.74) is -0.0559. The number of hydrogen-bond acceptors (Lipinski definition) is 4. The van der Waals surface area contributed by atoms with Gasteiger partial charge in [-0.05, 0) is 54.2 Å². The average Bonchev–Trinajstić information content (AvgIpc) is 3.09. The third-order valence-corrected chi connectivity index (χ3v) is 6.95. The first-order valence-corrected chi connectivity index (χ1v) is 10.7. The predicted octanol–water partition coefficient (Wildman–Crippen LogP) is 4.43. The van der Waals surface area contributed by atoms with E-state index >= 15 is 0 Å². The van der Waals surface area contributed by atoms with Crippen LogP contribution in [0.15, 0.2) is 42.5 Å². The van der Waals surface area contributed by atoms with Crippen LogP contribution in [0.4, 0.5) is 23.2 Å². The van der Waals surface area contributed by atoms with Crippen LogP contribution in [-0.4, -0.2) is 42.8 Å². The van der Waals surface area contributed by atoms with Crippen LogP contribution in [0.25, 0.3) is 0 Å². The van der Waals surface area contributed by atoms with Crippen LogP contribution in [-0.2, 0) is 12.7 Å². The van der Waals surface area contributed by atoms with Gasteiger partial charge in [0, 0.05) is 50.9 Å². The van der Waals surface area contributed by atoms with Crippen LogP contribution in [0.1, 0.15) is 29.5 Å². The summed E-state index contributed by atoms with van der Waals surface area (Å²) in [7, 11) is 0. The molecule has 2 aliphatic heterocycles. The summed E-state index contributed by atoms with van der Waals surface area (Å²) in [5, 5.41) is 19.0. The minimum absolute atomic E-state index is 0.0503. The molecule has 0 aliphatic carbocycles. The Morgan fingerprint density at radius 1 is 1.12 bits per heavy atom. The van der Waals surface area contributed by atoms with Crippen molar-refractivity contribution in [2.24, 2.45) is 11.3 Å². The van der Waals surface area contributed by atoms with Gasteiger partial charge in [-0.2, -0.15) is 18.4 Å². The van der Waals surface area contributed by atoms with E-state index in [0.717, 1.165) is 31.0 Å². The van der Waals surface area contributed by atoms with E-state index in [9.17, 15) is 22.7 Å². The zero-order valence-corrected chi connectivity index (χ0v) is 17.6. The topological polar surface area (TPSA) is 50.5 Å². The van der Waals surface area contributed by atoms with Crippen molar-refractivity contribution < 1.29 is 22.7 Å². The molecule has 2 aromatic carbocycles. The van der Waals surface area contributed by atoms with Crippen molar-refractivity contribution in [2.75, 3.05) is 37.7 Å². The molecule has 1 atom stereocenters. The molecule has 0 amide bonds. The number of piperidine rings is 1. The fourth-order valence-electron chi connectivity index (χ4n) is 5.25. The predicted molar refractivity (Wildman–Crippen MR) is 112 cm³/mol. The second-order valence-electron chi connectivity index (χ2n) is 8.87. The van der Waals surface area contributed by atoms with E-state index < -0.39 is 11.7 Å². The largest absolute Gasteiger partial charge is 0.417 e. The lowest BCUT2D eigenvalue weighted by Gasteiger charge is -2.43. The van der Waals surface area contributed by atoms with Gasteiger partial charge in [0.1, 0.15) is 5.82 Å². The Labute approximate surface area is 184 Å². The molecule has 1 N–H and O–H groups in total. The molecule has 4 rings (SSSR count). The Kier molecular flexibility index (Phi) is 6.15. The molecule has 1 spiro atoms. The van der Waals surface area contributed by atoms with E-state index in [2.05, 4.69) is 4.90 Å². The first kappa shape index (κ1) is 22.6. The van der Waals surface area contributed by atoms with Crippen molar-refractivity contribution in [3.05, 3.63) is 65.0 Å². The number of aliphatic hydroxyl groups excluding tert-OH is 1. The van der Waals surface area contributed by atoms with Crippen LogP contribution in [0.3, 0.4) is 0 Å². The molecule has 2 heterocycles. The summed E-state index contributed by atoms with van der Waals surface area (Å²) in [6.45, 7) is 3.28. The summed E-state index contributed by atoms with van der Waals surface area (Å²) >= 11 is 0. The minimum Gasteiger partial charge on any atom is -0.396 e. The first-order chi connectivity index (χ1) is 15.2. The van der Waals surface area contributed by atoms with Crippen molar-refractivity contribution in [3.63, 3.8) is 0 Å². The number of rotatable bonds is 4. The lowest BCUT2D eigenvalue weighted by molar-refractivity contribution is -0.137. The molecule has 2 fully saturated rings. The molecule has 32 heavy (non-hydrogen) atoms. The average molecular weight is 447 g/mol. The fourth-order valence-corrected chi connectivity index (χ4v) is 5.25. The Balaban J connectivity index is 1.47. The Morgan fingerprint density at radius 2 is 1.88 bits per heavy atom. The molecule has 0 saturated carbocycles. The number of nitrogens with zero attached hydrogens (tertiary/aromatic N) is 3. The molecule has 0 radical (unpaired) electrons. The zero-order chi connectivity index (χ0) is 22.9. The quantitative estimate of drug-likeness (QED) is 0.705. The fraction of sp³-hybridized carbons (Fsp3) is 0.458. The van der Waals surface area contributed by atoms with Gasteiger partial charge < -0.3 is 10.0 Å². The monoisotopic (exact) mass is 447 g/mol. The van der Waals surface area contributed by atoms with Crippen LogP contribution >= 0.6 is 0 Å². The van der Waals surface area contributed by atoms with Crippen molar-refractivity contribution in [2.45, 2.75) is 25.6 Å². The maximum Gasteiger partial charge on any atom is 0.417 e. The second kappa shape index (κ2) is 8.72. The maximum atomic E-state index is 13.5. The standard InChI is InChI=1S/C24H25F4N3O/c25-20-3-1-2-17(10-20)13-30-14-19(15-32)23(16-30)6-8-31(9-7-23)21-5-4-18(12-29)22(11-21)24(26,27)28/h1-5,10-11,19,32H,6-9,13-16H2. The summed E-state index contributed by atoms with van der Waals surface area (Å²) in [5.74, 6) is -0.200. The number of benzene rings is 2. The SMILES string of the molecule is N#Cc1ccc(N2CCC3(CC2)CN(Cc2cccc(F)c2)CC3CO)cc1C(F)(F)F. The van der Waals surface area contributed by atoms with Gasteiger partial charge in [-0.1, -0.05) is 12.1 Å². The number of nitriles is 1. The smallest absolute Gasteiger partial charge is 0.396 e. The van der Waals surface area contributed by atoms with Gasteiger partial charge in [0.15, 0.2) is 0 Å². The van der Waals surface area contributed by atoms with E-state index in [1.807, 2.05) is 11.0 Å². The van der Waals surface area contributed by atoms with E-state index in [1.165, 1.54) is 18.2 Å². The highest BCUT2D eigenvalue weighted by atomic mass is 19.4. The van der Waals surface area contributed by atoms with Crippen molar-refractivity contribution in [1.29, 1.82) is 5.26 Å². The third-order valence-electron chi connectivity index (χ3n) is 6.95. The minimum atomic E-state index is -4.58. The molecule has 4 nitrogen and oxygen atoms in total. The molecular weight excluding hydrogens is 422 g/mol. The highest BCUT2D eigenvalue weighted by Crippen LogP contribution is 2.46. The number of aliphatic hydroxyl groups is 1. The van der Waals surface area contributed by atoms with E-state index in [4.69, 9.17) is 5.26 Å². The molecule has 1 unspecified atom stereocenters. The summed E-state index contributed by atoms with van der Waals surface area (Å²) in [4.78, 5) is 4.15. The van der Waals surface area contributed by atoms with E-state index in [1.54, 1.807) is 18.2 Å². The van der Waals surface area contributed by atoms with Crippen LogP contribution in [0.2, 0.25) is 0 Å². The lowest BCUT2D eigenvalue weighted by atomic mass is 9.71. The Hall–Kier alpha value is -2.63. The van der Waals surface area contributed by atoms with Crippen LogP contribution in [0.5, 0.6) is 0 Å². The molecule has 0 bridgehead atoms. The molecular formula is C24H25F4N3O. The van der Waals surface area contributed by atoms with Crippen LogP contribution < -0.4 is 4.90 Å². The first-order valence-electron chi connectivity index (χ1n) is 10.7. The summed E-state index contributed by atoms with van der Waals surface area (Å²) in [6.07, 6.45) is -3.08. The molecule has 170 valence electrons. The molecule has 2 aromatic rings. The number of halogens is 4. The highest BCUT2D eigenvalue weighted by molar-refractivity contribution is 5.55. The number of likely N-dealkylation sites (tertiary alicyclic amines) is 1. The van der Waals surface area contributed by atoms with Gasteiger partial charge in [-0.3, -0.25) is 4.90 Å². The Bertz CT molecular complexity index is 1010. The number of alkyl halides is 3. The zero-order valence-electron chi connectivity index (χ0n) is 17.6. The van der Waals surface area contributed by atoms with Crippen molar-refractivity contribution in [3.8, 4) is 6.07 Å². The van der Waals surface area contributed by atoms with Gasteiger partial charge in [-0.25, -0.2) is 4.39 Å². The van der Waals surface area contributed by atoms with Gasteiger partial charge >= 0.3 is 6.18 Å². The normalized spacial score (nSPS) is 21.1. The Morgan fingerprint density at radius 3 is 2.50 bits per heavy atom. The van der Waals surface area contributed by atoms with Gasteiger partial charge in [0.25, 0.3) is 0 Å². The molecule has 8 heteroatoms. The molecule has 2 aliphatic rings. The van der Waals surface area contributed by atoms with Gasteiger partial charge in [0.05, 0.1) is 17.2 Å². The second-order valence-corrected chi connectivity index (χ2v) is 8.87. The van der Waals surface area contributed by atoms with Gasteiger partial charge in [0.2, 0.25) is 0 Å². The lowest BCUT2D eigenvalue weighted by Crippen LogP contribution is -2.45. The van der Waals surface area contributed by atoms with Crippen LogP contribution in [0, 0.1) is 28.5 Å². The van der Waals surface area contributed by atoms with Gasteiger partial charge in [-0.15, -0.1) is 0 Å². The summed E-state index contributed by atoms with van der Waals surface area (Å²) in [6, 6.07) is 12.0. The van der Waals surface area contributed by atoms with E-state index in [-0.39, 0.29) is 29.3 Å².